The maximum absolute atomic E-state index is 12.4. The summed E-state index contributed by atoms with van der Waals surface area (Å²) in [6.45, 7) is 2.62. The molecular formula is C20H17ClN6O. The summed E-state index contributed by atoms with van der Waals surface area (Å²) in [5, 5.41) is 14.5. The molecule has 2 aromatic carbocycles. The molecule has 0 aliphatic rings. The van der Waals surface area contributed by atoms with Gasteiger partial charge in [-0.3, -0.25) is 15.2 Å². The van der Waals surface area contributed by atoms with Crippen LogP contribution in [0.2, 0.25) is 5.02 Å². The molecule has 0 fully saturated rings. The fourth-order valence-corrected chi connectivity index (χ4v) is 2.81. The smallest absolute Gasteiger partial charge is 0.276 e. The second-order valence-corrected chi connectivity index (χ2v) is 6.82. The molecule has 7 nitrogen and oxygen atoms in total. The van der Waals surface area contributed by atoms with Crippen molar-refractivity contribution in [1.29, 1.82) is 0 Å². The zero-order valence-electron chi connectivity index (χ0n) is 15.1. The summed E-state index contributed by atoms with van der Waals surface area (Å²) in [6, 6.07) is 17.1. The first kappa shape index (κ1) is 17.9. The van der Waals surface area contributed by atoms with Gasteiger partial charge in [0.1, 0.15) is 12.0 Å². The third-order valence-corrected chi connectivity index (χ3v) is 4.44. The quantitative estimate of drug-likeness (QED) is 0.538. The molecule has 4 rings (SSSR count). The molecule has 0 spiro atoms. The second-order valence-electron chi connectivity index (χ2n) is 6.38. The number of aromatic amines is 1. The van der Waals surface area contributed by atoms with Gasteiger partial charge in [0.05, 0.1) is 12.2 Å². The van der Waals surface area contributed by atoms with E-state index in [9.17, 15) is 4.79 Å². The van der Waals surface area contributed by atoms with Gasteiger partial charge in [-0.15, -0.1) is 5.10 Å². The number of rotatable bonds is 5. The predicted octanol–water partition coefficient (Wildman–Crippen LogP) is 3.93. The Hall–Kier alpha value is -3.45. The Morgan fingerprint density at radius 2 is 1.89 bits per heavy atom. The van der Waals surface area contributed by atoms with Crippen molar-refractivity contribution in [1.82, 2.24) is 25.0 Å². The summed E-state index contributed by atoms with van der Waals surface area (Å²) >= 11 is 5.90. The number of aryl methyl sites for hydroxylation is 1. The number of H-pyrrole nitrogens is 1. The number of nitrogens with zero attached hydrogens (tertiary/aromatic N) is 4. The number of amides is 1. The Labute approximate surface area is 166 Å². The van der Waals surface area contributed by atoms with Crippen LogP contribution in [0.1, 0.15) is 21.6 Å². The zero-order valence-corrected chi connectivity index (χ0v) is 15.8. The molecule has 2 heterocycles. The van der Waals surface area contributed by atoms with Gasteiger partial charge in [-0.2, -0.15) is 5.10 Å². The number of hydrogen-bond donors (Lipinski definition) is 2. The summed E-state index contributed by atoms with van der Waals surface area (Å²) in [7, 11) is 0. The molecule has 0 saturated heterocycles. The van der Waals surface area contributed by atoms with Gasteiger partial charge in [0, 0.05) is 10.6 Å². The number of carbonyl (C=O) groups is 1. The monoisotopic (exact) mass is 392 g/mol. The first-order valence-corrected chi connectivity index (χ1v) is 9.02. The summed E-state index contributed by atoms with van der Waals surface area (Å²) in [6.07, 6.45) is 1.58. The average molecular weight is 393 g/mol. The lowest BCUT2D eigenvalue weighted by Gasteiger charge is -2.01. The number of hydrogen-bond acceptors (Lipinski definition) is 4. The molecule has 28 heavy (non-hydrogen) atoms. The van der Waals surface area contributed by atoms with Crippen LogP contribution in [0.15, 0.2) is 60.9 Å². The third kappa shape index (κ3) is 4.10. The number of nitrogens with one attached hydrogen (secondary N) is 2. The molecule has 1 amide bonds. The minimum Gasteiger partial charge on any atom is -0.288 e. The fraction of sp³-hybridized carbons (Fsp3) is 0.100. The molecule has 4 aromatic rings. The van der Waals surface area contributed by atoms with Crippen LogP contribution < -0.4 is 5.32 Å². The number of carbonyl (C=O) groups excluding carboxylic acids is 1. The number of anilines is 1. The lowest BCUT2D eigenvalue weighted by atomic mass is 10.1. The highest BCUT2D eigenvalue weighted by molar-refractivity contribution is 6.30. The van der Waals surface area contributed by atoms with Crippen molar-refractivity contribution in [3.63, 3.8) is 0 Å². The van der Waals surface area contributed by atoms with Crippen LogP contribution >= 0.6 is 11.6 Å². The highest BCUT2D eigenvalue weighted by Crippen LogP contribution is 2.20. The van der Waals surface area contributed by atoms with Crippen molar-refractivity contribution in [3.05, 3.63) is 82.8 Å². The standard InChI is InChI=1S/C20H17ClN6O/c1-13-2-4-14(5-3-13)11-27-12-22-20(26-27)23-19(28)18-10-17(24-25-18)15-6-8-16(21)9-7-15/h2-10,12H,11H2,1H3,(H,24,25)(H,23,26,28). The lowest BCUT2D eigenvalue weighted by Crippen LogP contribution is -2.14. The van der Waals surface area contributed by atoms with Gasteiger partial charge in [-0.25, -0.2) is 9.67 Å². The van der Waals surface area contributed by atoms with Crippen LogP contribution in [0.25, 0.3) is 11.3 Å². The van der Waals surface area contributed by atoms with E-state index in [1.807, 2.05) is 43.3 Å². The van der Waals surface area contributed by atoms with Crippen molar-refractivity contribution in [2.24, 2.45) is 0 Å². The maximum atomic E-state index is 12.4. The van der Waals surface area contributed by atoms with E-state index in [1.54, 1.807) is 29.2 Å². The van der Waals surface area contributed by atoms with Crippen molar-refractivity contribution < 1.29 is 4.79 Å². The Morgan fingerprint density at radius 3 is 2.64 bits per heavy atom. The minimum absolute atomic E-state index is 0.236. The average Bonchev–Trinajstić information content (AvgIpc) is 3.34. The summed E-state index contributed by atoms with van der Waals surface area (Å²) in [4.78, 5) is 16.6. The van der Waals surface area contributed by atoms with Crippen LogP contribution in [-0.2, 0) is 6.54 Å². The van der Waals surface area contributed by atoms with E-state index in [2.05, 4.69) is 25.6 Å². The molecule has 2 N–H and O–H groups in total. The molecule has 0 aliphatic heterocycles. The Morgan fingerprint density at radius 1 is 1.14 bits per heavy atom. The van der Waals surface area contributed by atoms with E-state index >= 15 is 0 Å². The molecule has 0 unspecified atom stereocenters. The van der Waals surface area contributed by atoms with E-state index in [0.29, 0.717) is 23.0 Å². The highest BCUT2D eigenvalue weighted by atomic mass is 35.5. The third-order valence-electron chi connectivity index (χ3n) is 4.19. The van der Waals surface area contributed by atoms with E-state index in [0.717, 1.165) is 11.1 Å². The first-order valence-electron chi connectivity index (χ1n) is 8.64. The van der Waals surface area contributed by atoms with Crippen molar-refractivity contribution >= 4 is 23.5 Å². The minimum atomic E-state index is -0.360. The Balaban J connectivity index is 1.42. The van der Waals surface area contributed by atoms with Gasteiger partial charge >= 0.3 is 0 Å². The van der Waals surface area contributed by atoms with Crippen LogP contribution in [0.5, 0.6) is 0 Å². The van der Waals surface area contributed by atoms with Gasteiger partial charge in [-0.1, -0.05) is 53.6 Å². The SMILES string of the molecule is Cc1ccc(Cn2cnc(NC(=O)c3cc(-c4ccc(Cl)cc4)n[nH]3)n2)cc1. The molecule has 0 bridgehead atoms. The van der Waals surface area contributed by atoms with Crippen LogP contribution in [0.3, 0.4) is 0 Å². The number of benzene rings is 2. The highest BCUT2D eigenvalue weighted by Gasteiger charge is 2.13. The van der Waals surface area contributed by atoms with Crippen LogP contribution in [0, 0.1) is 6.92 Å². The fourth-order valence-electron chi connectivity index (χ4n) is 2.68. The Bertz CT molecular complexity index is 1100. The largest absolute Gasteiger partial charge is 0.288 e. The Kier molecular flexibility index (Phi) is 4.90. The summed E-state index contributed by atoms with van der Waals surface area (Å²) in [5.41, 5.74) is 4.14. The molecule has 140 valence electrons. The normalized spacial score (nSPS) is 10.8. The van der Waals surface area contributed by atoms with Crippen molar-refractivity contribution in [3.8, 4) is 11.3 Å². The van der Waals surface area contributed by atoms with E-state index in [4.69, 9.17) is 11.6 Å². The van der Waals surface area contributed by atoms with E-state index in [1.165, 1.54) is 5.56 Å². The predicted molar refractivity (Wildman–Crippen MR) is 107 cm³/mol. The van der Waals surface area contributed by atoms with Gasteiger partial charge in [0.15, 0.2) is 0 Å². The molecule has 8 heteroatoms. The van der Waals surface area contributed by atoms with Gasteiger partial charge in [0.25, 0.3) is 5.91 Å². The molecular weight excluding hydrogens is 376 g/mol. The van der Waals surface area contributed by atoms with Crippen LogP contribution in [0.4, 0.5) is 5.95 Å². The van der Waals surface area contributed by atoms with Gasteiger partial charge < -0.3 is 0 Å². The number of aromatic nitrogens is 5. The van der Waals surface area contributed by atoms with E-state index in [-0.39, 0.29) is 11.9 Å². The maximum Gasteiger partial charge on any atom is 0.276 e. The molecule has 0 atom stereocenters. The second kappa shape index (κ2) is 7.66. The zero-order chi connectivity index (χ0) is 19.5. The molecule has 0 aliphatic carbocycles. The summed E-state index contributed by atoms with van der Waals surface area (Å²) < 4.78 is 1.67. The lowest BCUT2D eigenvalue weighted by molar-refractivity contribution is 0.102. The first-order chi connectivity index (χ1) is 13.6. The molecule has 2 aromatic heterocycles. The van der Waals surface area contributed by atoms with Gasteiger partial charge in [0.2, 0.25) is 5.95 Å². The van der Waals surface area contributed by atoms with Crippen molar-refractivity contribution in [2.75, 3.05) is 5.32 Å². The van der Waals surface area contributed by atoms with Crippen molar-refractivity contribution in [2.45, 2.75) is 13.5 Å². The number of halogens is 1. The topological polar surface area (TPSA) is 88.5 Å². The molecule has 0 saturated carbocycles. The van der Waals surface area contributed by atoms with Crippen LogP contribution in [-0.4, -0.2) is 30.9 Å². The van der Waals surface area contributed by atoms with Gasteiger partial charge in [-0.05, 0) is 30.7 Å². The molecule has 0 radical (unpaired) electrons. The van der Waals surface area contributed by atoms with E-state index < -0.39 is 0 Å². The summed E-state index contributed by atoms with van der Waals surface area (Å²) in [5.74, 6) is -0.124.